The third-order valence-corrected chi connectivity index (χ3v) is 4.31. The Kier molecular flexibility index (Phi) is 3.49. The van der Waals surface area contributed by atoms with Gasteiger partial charge < -0.3 is 0 Å². The monoisotopic (exact) mass is 280 g/mol. The van der Waals surface area contributed by atoms with Gasteiger partial charge in [-0.25, -0.2) is 9.13 Å². The minimum atomic E-state index is -2.53. The van der Waals surface area contributed by atoms with Crippen molar-refractivity contribution >= 4 is 18.8 Å². The average molecular weight is 280 g/mol. The van der Waals surface area contributed by atoms with E-state index in [9.17, 15) is 9.13 Å². The van der Waals surface area contributed by atoms with Crippen molar-refractivity contribution in [2.75, 3.05) is 0 Å². The number of rotatable bonds is 3. The Hall–Kier alpha value is -2.18. The van der Waals surface area contributed by atoms with Gasteiger partial charge in [0, 0.05) is 0 Å². The van der Waals surface area contributed by atoms with Crippen molar-refractivity contribution in [2.45, 2.75) is 5.66 Å². The van der Waals surface area contributed by atoms with E-state index in [-0.39, 0.29) is 0 Å². The Labute approximate surface area is 118 Å². The molecule has 3 rings (SSSR count). The zero-order valence-corrected chi connectivity index (χ0v) is 11.7. The summed E-state index contributed by atoms with van der Waals surface area (Å²) >= 11 is 0. The molecule has 98 valence electrons. The van der Waals surface area contributed by atoms with Crippen molar-refractivity contribution in [1.82, 2.24) is 0 Å². The van der Waals surface area contributed by atoms with Crippen LogP contribution in [0.3, 0.4) is 0 Å². The van der Waals surface area contributed by atoms with Crippen LogP contribution in [0.5, 0.6) is 0 Å². The fourth-order valence-electron chi connectivity index (χ4n) is 2.52. The highest BCUT2D eigenvalue weighted by Gasteiger charge is 2.26. The van der Waals surface area contributed by atoms with Gasteiger partial charge >= 0.3 is 7.68 Å². The summed E-state index contributed by atoms with van der Waals surface area (Å²) in [6.45, 7) is 0. The Morgan fingerprint density at radius 2 is 1.30 bits per heavy atom. The zero-order valence-electron chi connectivity index (χ0n) is 10.8. The van der Waals surface area contributed by atoms with Gasteiger partial charge in [-0.3, -0.25) is 0 Å². The normalized spacial score (nSPS) is 17.5. The fourth-order valence-corrected chi connectivity index (χ4v) is 3.25. The van der Waals surface area contributed by atoms with Crippen LogP contribution in [0.15, 0.2) is 72.8 Å². The zero-order chi connectivity index (χ0) is 13.9. The molecule has 1 atom stereocenters. The first-order valence-electron chi connectivity index (χ1n) is 6.44. The summed E-state index contributed by atoms with van der Waals surface area (Å²) in [5.41, 5.74) is 3.32. The van der Waals surface area contributed by atoms with E-state index < -0.39 is 13.3 Å². The topological polar surface area (TPSA) is 34.1 Å². The summed E-state index contributed by atoms with van der Waals surface area (Å²) in [7, 11) is -2.53. The van der Waals surface area contributed by atoms with Crippen molar-refractivity contribution < 1.29 is 9.13 Å². The molecule has 0 saturated carbocycles. The van der Waals surface area contributed by atoms with Crippen molar-refractivity contribution in [3.05, 3.63) is 83.9 Å². The van der Waals surface area contributed by atoms with E-state index in [2.05, 4.69) is 0 Å². The molecule has 1 aliphatic carbocycles. The summed E-state index contributed by atoms with van der Waals surface area (Å²) in [4.78, 5) is 0. The van der Waals surface area contributed by atoms with Crippen LogP contribution < -0.4 is 0 Å². The first kappa shape index (κ1) is 12.8. The molecule has 0 amide bonds. The second-order valence-corrected chi connectivity index (χ2v) is 5.78. The van der Waals surface area contributed by atoms with Gasteiger partial charge in [-0.1, -0.05) is 72.8 Å². The minimum absolute atomic E-state index is 0.539. The highest BCUT2D eigenvalue weighted by atomic mass is 31.1. The molecular formula is C17H13O2P. The minimum Gasteiger partial charge on any atom is -0.236 e. The molecule has 1 aliphatic rings. The number of benzene rings is 2. The van der Waals surface area contributed by atoms with Crippen LogP contribution in [0, 0.1) is 0 Å². The molecule has 2 nitrogen and oxygen atoms in total. The second kappa shape index (κ2) is 5.44. The molecule has 2 aromatic carbocycles. The van der Waals surface area contributed by atoms with Crippen molar-refractivity contribution in [3.63, 3.8) is 0 Å². The molecule has 0 aliphatic heterocycles. The molecule has 0 heterocycles. The van der Waals surface area contributed by atoms with Gasteiger partial charge in [-0.15, -0.1) is 0 Å². The van der Waals surface area contributed by atoms with Gasteiger partial charge in [0.2, 0.25) is 0 Å². The van der Waals surface area contributed by atoms with Crippen molar-refractivity contribution in [3.8, 4) is 0 Å². The van der Waals surface area contributed by atoms with E-state index in [1.54, 1.807) is 6.08 Å². The van der Waals surface area contributed by atoms with Crippen LogP contribution in [-0.2, 0) is 9.13 Å². The van der Waals surface area contributed by atoms with Gasteiger partial charge in [0.25, 0.3) is 0 Å². The fraction of sp³-hybridized carbons (Fsp3) is 0.0588. The van der Waals surface area contributed by atoms with Gasteiger partial charge in [-0.05, 0) is 22.3 Å². The van der Waals surface area contributed by atoms with Crippen LogP contribution >= 0.6 is 7.68 Å². The maximum absolute atomic E-state index is 11.5. The maximum Gasteiger partial charge on any atom is 0.327 e. The maximum atomic E-state index is 11.5. The first-order chi connectivity index (χ1) is 9.77. The standard InChI is InChI=1S/C17H13O2P/c18-20(19)16-12-11-15(13-7-3-1-4-8-13)17(16)14-9-5-2-6-10-14/h1-12,16H. The van der Waals surface area contributed by atoms with E-state index in [1.165, 1.54) is 0 Å². The van der Waals surface area contributed by atoms with Crippen molar-refractivity contribution in [1.29, 1.82) is 0 Å². The molecule has 0 bridgehead atoms. The molecule has 0 fully saturated rings. The Bertz CT molecular complexity index is 733. The second-order valence-electron chi connectivity index (χ2n) is 4.65. The van der Waals surface area contributed by atoms with E-state index in [4.69, 9.17) is 0 Å². The Morgan fingerprint density at radius 3 is 1.85 bits per heavy atom. The van der Waals surface area contributed by atoms with Crippen LogP contribution in [0.4, 0.5) is 0 Å². The Balaban J connectivity index is 2.21. The summed E-state index contributed by atoms with van der Waals surface area (Å²) in [6, 6.07) is 19.6. The van der Waals surface area contributed by atoms with Crippen LogP contribution in [0.2, 0.25) is 0 Å². The summed E-state index contributed by atoms with van der Waals surface area (Å²) < 4.78 is 23.0. The molecule has 20 heavy (non-hydrogen) atoms. The van der Waals surface area contributed by atoms with Crippen LogP contribution in [-0.4, -0.2) is 5.66 Å². The van der Waals surface area contributed by atoms with Crippen LogP contribution in [0.1, 0.15) is 11.1 Å². The van der Waals surface area contributed by atoms with E-state index in [1.807, 2.05) is 66.7 Å². The van der Waals surface area contributed by atoms with Crippen molar-refractivity contribution in [2.24, 2.45) is 0 Å². The predicted molar refractivity (Wildman–Crippen MR) is 80.9 cm³/mol. The highest BCUT2D eigenvalue weighted by molar-refractivity contribution is 7.33. The lowest BCUT2D eigenvalue weighted by molar-refractivity contribution is 0.514. The van der Waals surface area contributed by atoms with E-state index in [0.717, 1.165) is 22.3 Å². The van der Waals surface area contributed by atoms with Gasteiger partial charge in [0.05, 0.1) is 0 Å². The van der Waals surface area contributed by atoms with Gasteiger partial charge in [0.1, 0.15) is 5.66 Å². The summed E-state index contributed by atoms with van der Waals surface area (Å²) in [6.07, 6.45) is 3.67. The van der Waals surface area contributed by atoms with E-state index in [0.29, 0.717) is 0 Å². The average Bonchev–Trinajstić information content (AvgIpc) is 2.94. The van der Waals surface area contributed by atoms with Gasteiger partial charge in [-0.2, -0.15) is 0 Å². The molecule has 0 saturated heterocycles. The quantitative estimate of drug-likeness (QED) is 0.763. The molecule has 0 radical (unpaired) electrons. The first-order valence-corrected chi connectivity index (χ1v) is 7.69. The third kappa shape index (κ3) is 2.31. The SMILES string of the molecule is O=P(=O)C1C=CC(c2ccccc2)=C1c1ccccc1. The van der Waals surface area contributed by atoms with E-state index >= 15 is 0 Å². The smallest absolute Gasteiger partial charge is 0.236 e. The number of hydrogen-bond acceptors (Lipinski definition) is 2. The third-order valence-electron chi connectivity index (χ3n) is 3.43. The molecular weight excluding hydrogens is 267 g/mol. The lowest BCUT2D eigenvalue weighted by Gasteiger charge is -2.11. The summed E-state index contributed by atoms with van der Waals surface area (Å²) in [5, 5.41) is 0. The van der Waals surface area contributed by atoms with Gasteiger partial charge in [0.15, 0.2) is 0 Å². The lowest BCUT2D eigenvalue weighted by atomic mass is 9.96. The number of allylic oxidation sites excluding steroid dienone is 4. The molecule has 0 spiro atoms. The summed E-state index contributed by atoms with van der Waals surface area (Å²) in [5.74, 6) is 0. The molecule has 2 aromatic rings. The predicted octanol–water partition coefficient (Wildman–Crippen LogP) is 4.71. The number of hydrogen-bond donors (Lipinski definition) is 0. The largest absolute Gasteiger partial charge is 0.327 e. The van der Waals surface area contributed by atoms with Crippen LogP contribution in [0.25, 0.3) is 11.1 Å². The molecule has 0 N–H and O–H groups in total. The molecule has 0 aromatic heterocycles. The Morgan fingerprint density at radius 1 is 0.750 bits per heavy atom. The highest BCUT2D eigenvalue weighted by Crippen LogP contribution is 2.42. The molecule has 3 heteroatoms. The molecule has 1 unspecified atom stereocenters. The lowest BCUT2D eigenvalue weighted by Crippen LogP contribution is -1.98.